The Labute approximate surface area is 109 Å². The molecule has 0 spiro atoms. The molecule has 2 aromatic rings. The summed E-state index contributed by atoms with van der Waals surface area (Å²) >= 11 is 0. The highest BCUT2D eigenvalue weighted by atomic mass is 16.4. The largest absolute Gasteiger partial charge is 0.507 e. The Hall–Kier alpha value is -2.10. The first-order valence-corrected chi connectivity index (χ1v) is 6.20. The molecule has 1 heterocycles. The van der Waals surface area contributed by atoms with Gasteiger partial charge in [-0.25, -0.2) is 4.79 Å². The lowest BCUT2D eigenvalue weighted by molar-refractivity contribution is 0.0900. The van der Waals surface area contributed by atoms with Gasteiger partial charge in [0.1, 0.15) is 16.9 Å². The fourth-order valence-electron chi connectivity index (χ4n) is 2.78. The van der Waals surface area contributed by atoms with E-state index in [0.717, 1.165) is 0 Å². The molecule has 0 saturated heterocycles. The van der Waals surface area contributed by atoms with E-state index in [2.05, 4.69) is 0 Å². The number of benzene rings is 1. The van der Waals surface area contributed by atoms with E-state index >= 15 is 0 Å². The molecule has 0 fully saturated rings. The van der Waals surface area contributed by atoms with Crippen molar-refractivity contribution in [2.24, 2.45) is 5.41 Å². The van der Waals surface area contributed by atoms with Gasteiger partial charge in [0.2, 0.25) is 0 Å². The molecule has 0 aliphatic heterocycles. The molecule has 0 radical (unpaired) electrons. The smallest absolute Gasteiger partial charge is 0.347 e. The van der Waals surface area contributed by atoms with E-state index < -0.39 is 5.63 Å². The molecule has 1 aliphatic rings. The van der Waals surface area contributed by atoms with Gasteiger partial charge in [0.15, 0.2) is 5.78 Å². The van der Waals surface area contributed by atoms with Crippen LogP contribution in [0.25, 0.3) is 10.8 Å². The van der Waals surface area contributed by atoms with Gasteiger partial charge in [-0.3, -0.25) is 4.79 Å². The number of phenols is 1. The van der Waals surface area contributed by atoms with Gasteiger partial charge in [0.05, 0.1) is 5.56 Å². The zero-order valence-electron chi connectivity index (χ0n) is 10.8. The summed E-state index contributed by atoms with van der Waals surface area (Å²) in [6.45, 7) is 3.95. The second-order valence-corrected chi connectivity index (χ2v) is 5.83. The molecule has 1 aromatic carbocycles. The lowest BCUT2D eigenvalue weighted by atomic mass is 9.75. The minimum absolute atomic E-state index is 0.0365. The maximum absolute atomic E-state index is 12.3. The second-order valence-electron chi connectivity index (χ2n) is 5.83. The zero-order valence-corrected chi connectivity index (χ0v) is 10.8. The number of phenolic OH excluding ortho intramolecular Hbond substituents is 1. The van der Waals surface area contributed by atoms with Crippen LogP contribution in [0, 0.1) is 5.41 Å². The van der Waals surface area contributed by atoms with Crippen molar-refractivity contribution in [3.63, 3.8) is 0 Å². The first-order chi connectivity index (χ1) is 8.89. The predicted molar refractivity (Wildman–Crippen MR) is 70.6 cm³/mol. The molecule has 1 N–H and O–H groups in total. The van der Waals surface area contributed by atoms with Gasteiger partial charge < -0.3 is 9.52 Å². The number of aromatic hydroxyl groups is 1. The Kier molecular flexibility index (Phi) is 2.33. The van der Waals surface area contributed by atoms with E-state index in [-0.39, 0.29) is 22.3 Å². The van der Waals surface area contributed by atoms with Crippen LogP contribution in [-0.2, 0) is 6.42 Å². The summed E-state index contributed by atoms with van der Waals surface area (Å²) in [4.78, 5) is 24.2. The van der Waals surface area contributed by atoms with Crippen molar-refractivity contribution < 1.29 is 14.3 Å². The second kappa shape index (κ2) is 3.70. The van der Waals surface area contributed by atoms with Crippen LogP contribution in [0.3, 0.4) is 0 Å². The van der Waals surface area contributed by atoms with Crippen LogP contribution in [0.4, 0.5) is 0 Å². The Morgan fingerprint density at radius 2 is 1.95 bits per heavy atom. The molecular formula is C15H14O4. The van der Waals surface area contributed by atoms with Crippen LogP contribution in [-0.4, -0.2) is 10.9 Å². The molecule has 0 saturated carbocycles. The van der Waals surface area contributed by atoms with Crippen molar-refractivity contribution in [3.8, 4) is 5.75 Å². The normalized spacial score (nSPS) is 17.5. The van der Waals surface area contributed by atoms with E-state index in [9.17, 15) is 14.7 Å². The molecule has 98 valence electrons. The van der Waals surface area contributed by atoms with E-state index in [1.54, 1.807) is 12.1 Å². The average molecular weight is 258 g/mol. The Morgan fingerprint density at radius 1 is 1.21 bits per heavy atom. The van der Waals surface area contributed by atoms with Crippen LogP contribution in [0.2, 0.25) is 0 Å². The van der Waals surface area contributed by atoms with Crippen molar-refractivity contribution in [2.75, 3.05) is 0 Å². The lowest BCUT2D eigenvalue weighted by Crippen LogP contribution is -2.28. The summed E-state index contributed by atoms with van der Waals surface area (Å²) in [5.74, 6) is 0.252. The fraction of sp³-hybridized carbons (Fsp3) is 0.333. The third-order valence-corrected chi connectivity index (χ3v) is 3.57. The minimum Gasteiger partial charge on any atom is -0.507 e. The molecule has 0 amide bonds. The lowest BCUT2D eigenvalue weighted by Gasteiger charge is -2.29. The van der Waals surface area contributed by atoms with Crippen molar-refractivity contribution >= 4 is 16.6 Å². The van der Waals surface area contributed by atoms with Crippen molar-refractivity contribution in [1.29, 1.82) is 0 Å². The molecule has 0 atom stereocenters. The third kappa shape index (κ3) is 1.75. The van der Waals surface area contributed by atoms with Crippen molar-refractivity contribution in [1.82, 2.24) is 0 Å². The first kappa shape index (κ1) is 12.0. The van der Waals surface area contributed by atoms with Gasteiger partial charge in [0.25, 0.3) is 0 Å². The maximum atomic E-state index is 12.3. The van der Waals surface area contributed by atoms with Crippen LogP contribution in [0.15, 0.2) is 27.4 Å². The summed E-state index contributed by atoms with van der Waals surface area (Å²) in [6, 6.07) is 4.73. The highest BCUT2D eigenvalue weighted by Gasteiger charge is 2.34. The Balaban J connectivity index is 2.43. The minimum atomic E-state index is -0.586. The van der Waals surface area contributed by atoms with Crippen molar-refractivity contribution in [2.45, 2.75) is 26.7 Å². The van der Waals surface area contributed by atoms with Gasteiger partial charge in [0, 0.05) is 18.2 Å². The van der Waals surface area contributed by atoms with Crippen LogP contribution in [0.1, 0.15) is 36.4 Å². The molecule has 4 nitrogen and oxygen atoms in total. The van der Waals surface area contributed by atoms with E-state index in [1.807, 2.05) is 13.8 Å². The fourth-order valence-corrected chi connectivity index (χ4v) is 2.78. The van der Waals surface area contributed by atoms with Crippen LogP contribution < -0.4 is 5.63 Å². The summed E-state index contributed by atoms with van der Waals surface area (Å²) in [7, 11) is 0. The summed E-state index contributed by atoms with van der Waals surface area (Å²) in [5, 5.41) is 10.4. The monoisotopic (exact) mass is 258 g/mol. The highest BCUT2D eigenvalue weighted by Crippen LogP contribution is 2.37. The van der Waals surface area contributed by atoms with Gasteiger partial charge in [-0.1, -0.05) is 26.0 Å². The van der Waals surface area contributed by atoms with E-state index in [0.29, 0.717) is 29.6 Å². The standard InChI is InChI=1S/C15H14O4/c1-15(2)6-10(17)12-8-4-3-5-9(16)13(8)14(18)19-11(12)7-15/h3-5,16H,6-7H2,1-2H3. The van der Waals surface area contributed by atoms with E-state index in [1.165, 1.54) is 6.07 Å². The first-order valence-electron chi connectivity index (χ1n) is 6.20. The number of hydrogen-bond donors (Lipinski definition) is 1. The van der Waals surface area contributed by atoms with Crippen molar-refractivity contribution in [3.05, 3.63) is 39.9 Å². The van der Waals surface area contributed by atoms with Crippen LogP contribution in [0.5, 0.6) is 5.75 Å². The molecule has 4 heteroatoms. The number of carbonyl (C=O) groups is 1. The number of rotatable bonds is 0. The molecule has 3 rings (SSSR count). The highest BCUT2D eigenvalue weighted by molar-refractivity contribution is 6.10. The molecule has 0 bridgehead atoms. The Bertz CT molecular complexity index is 753. The quantitative estimate of drug-likeness (QED) is 0.788. The molecule has 1 aromatic heterocycles. The molecule has 1 aliphatic carbocycles. The van der Waals surface area contributed by atoms with Gasteiger partial charge in [-0.2, -0.15) is 0 Å². The molecule has 0 unspecified atom stereocenters. The predicted octanol–water partition coefficient (Wildman–Crippen LogP) is 2.65. The topological polar surface area (TPSA) is 67.5 Å². The third-order valence-electron chi connectivity index (χ3n) is 3.57. The summed E-state index contributed by atoms with van der Waals surface area (Å²) < 4.78 is 5.26. The SMILES string of the molecule is CC1(C)CC(=O)c2c(oc(=O)c3c(O)cccc23)C1. The molecule has 19 heavy (non-hydrogen) atoms. The zero-order chi connectivity index (χ0) is 13.8. The summed E-state index contributed by atoms with van der Waals surface area (Å²) in [5.41, 5.74) is -0.341. The number of ketones is 1. The van der Waals surface area contributed by atoms with Crippen LogP contribution >= 0.6 is 0 Å². The van der Waals surface area contributed by atoms with Gasteiger partial charge in [-0.05, 0) is 11.5 Å². The number of carbonyl (C=O) groups excluding carboxylic acids is 1. The average Bonchev–Trinajstić information content (AvgIpc) is 2.25. The van der Waals surface area contributed by atoms with Gasteiger partial charge >= 0.3 is 5.63 Å². The molecular weight excluding hydrogens is 244 g/mol. The number of fused-ring (bicyclic) bond motifs is 3. The maximum Gasteiger partial charge on any atom is 0.347 e. The Morgan fingerprint density at radius 3 is 2.68 bits per heavy atom. The van der Waals surface area contributed by atoms with Gasteiger partial charge in [-0.15, -0.1) is 0 Å². The summed E-state index contributed by atoms with van der Waals surface area (Å²) in [6.07, 6.45) is 0.966. The number of Topliss-reactive ketones (excluding diaryl/α,β-unsaturated/α-hetero) is 1. The van der Waals surface area contributed by atoms with E-state index in [4.69, 9.17) is 4.42 Å². The number of hydrogen-bond acceptors (Lipinski definition) is 4.